The summed E-state index contributed by atoms with van der Waals surface area (Å²) >= 11 is 0. The Labute approximate surface area is 509 Å². The van der Waals surface area contributed by atoms with Crippen LogP contribution in [0, 0.1) is 113 Å². The topological polar surface area (TPSA) is 34.1 Å². The number of ketones is 2. The van der Waals surface area contributed by atoms with Gasteiger partial charge in [-0.05, 0) is 162 Å². The van der Waals surface area contributed by atoms with Gasteiger partial charge in [-0.25, -0.2) is 0 Å². The third-order valence-corrected chi connectivity index (χ3v) is 19.8. The normalized spacial score (nSPS) is 27.0. The van der Waals surface area contributed by atoms with E-state index in [1.54, 1.807) is 0 Å². The van der Waals surface area contributed by atoms with Crippen LogP contribution in [0.1, 0.15) is 318 Å². The predicted molar refractivity (Wildman–Crippen MR) is 363 cm³/mol. The molecule has 0 aromatic heterocycles. The summed E-state index contributed by atoms with van der Waals surface area (Å²) in [5, 5.41) is 0. The van der Waals surface area contributed by atoms with Gasteiger partial charge in [0.1, 0.15) is 11.6 Å². The van der Waals surface area contributed by atoms with E-state index in [1.807, 2.05) is 0 Å². The van der Waals surface area contributed by atoms with Crippen molar-refractivity contribution in [3.8, 4) is 0 Å². The molecule has 5 aliphatic rings. The lowest BCUT2D eigenvalue weighted by molar-refractivity contribution is -0.126. The highest BCUT2D eigenvalue weighted by molar-refractivity contribution is 5.84. The molecular formula is C79H144O2. The van der Waals surface area contributed by atoms with Crippen LogP contribution in [0.15, 0.2) is 48.6 Å². The van der Waals surface area contributed by atoms with Gasteiger partial charge in [0, 0.05) is 24.7 Å². The Bertz CT molecular complexity index is 1940. The molecule has 0 heterocycles. The molecule has 5 aliphatic carbocycles. The van der Waals surface area contributed by atoms with Gasteiger partial charge in [-0.2, -0.15) is 0 Å². The fraction of sp³-hybridized carbons (Fsp3) is 0.848. The molecule has 2 nitrogen and oxygen atoms in total. The highest BCUT2D eigenvalue weighted by Crippen LogP contribution is 2.53. The fourth-order valence-electron chi connectivity index (χ4n) is 15.4. The van der Waals surface area contributed by atoms with E-state index in [0.29, 0.717) is 55.9 Å². The summed E-state index contributed by atoms with van der Waals surface area (Å²) in [5.74, 6) is 7.67. The zero-order valence-electron chi connectivity index (χ0n) is 61.6. The smallest absolute Gasteiger partial charge is 0.136 e. The number of carbonyl (C=O) groups excluding carboxylic acids is 2. The van der Waals surface area contributed by atoms with Crippen molar-refractivity contribution in [2.24, 2.45) is 113 Å². The fourth-order valence-corrected chi connectivity index (χ4v) is 15.4. The third-order valence-electron chi connectivity index (χ3n) is 19.8. The number of benzene rings is 1. The van der Waals surface area contributed by atoms with Crippen molar-refractivity contribution in [2.75, 3.05) is 0 Å². The maximum Gasteiger partial charge on any atom is 0.136 e. The van der Waals surface area contributed by atoms with Crippen LogP contribution < -0.4 is 0 Å². The first-order valence-electron chi connectivity index (χ1n) is 33.2. The average molecular weight is 1130 g/mol. The van der Waals surface area contributed by atoms with Gasteiger partial charge in [0.15, 0.2) is 0 Å². The van der Waals surface area contributed by atoms with Gasteiger partial charge in [-0.1, -0.05) is 304 Å². The van der Waals surface area contributed by atoms with E-state index in [-0.39, 0.29) is 44.3 Å². The second-order valence-corrected chi connectivity index (χ2v) is 39.6. The molecule has 81 heavy (non-hydrogen) atoms. The third kappa shape index (κ3) is 24.0. The molecule has 472 valence electrons. The highest BCUT2D eigenvalue weighted by atomic mass is 16.1. The molecule has 0 aliphatic heterocycles. The predicted octanol–water partition coefficient (Wildman–Crippen LogP) is 24.7. The molecule has 3 fully saturated rings. The van der Waals surface area contributed by atoms with Crippen LogP contribution in [0.25, 0.3) is 0 Å². The van der Waals surface area contributed by atoms with Crippen LogP contribution in [0.2, 0.25) is 0 Å². The van der Waals surface area contributed by atoms with Crippen LogP contribution >= 0.6 is 0 Å². The molecule has 2 heteroatoms. The zero-order valence-corrected chi connectivity index (χ0v) is 61.6. The van der Waals surface area contributed by atoms with E-state index in [4.69, 9.17) is 0 Å². The highest BCUT2D eigenvalue weighted by Gasteiger charge is 2.48. The minimum Gasteiger partial charge on any atom is -0.299 e. The second kappa shape index (κ2) is 27.8. The Morgan fingerprint density at radius 2 is 0.543 bits per heavy atom. The largest absolute Gasteiger partial charge is 0.299 e. The summed E-state index contributed by atoms with van der Waals surface area (Å²) in [6.07, 6.45) is 20.2. The Kier molecular flexibility index (Phi) is 26.5. The summed E-state index contributed by atoms with van der Waals surface area (Å²) < 4.78 is 0. The Morgan fingerprint density at radius 3 is 0.716 bits per heavy atom. The van der Waals surface area contributed by atoms with E-state index >= 15 is 0 Å². The lowest BCUT2D eigenvalue weighted by Crippen LogP contribution is -2.35. The summed E-state index contributed by atoms with van der Waals surface area (Å²) in [7, 11) is 0. The molecule has 6 rings (SSSR count). The Morgan fingerprint density at radius 1 is 0.296 bits per heavy atom. The molecule has 10 atom stereocenters. The van der Waals surface area contributed by atoms with E-state index in [0.717, 1.165) is 61.2 Å². The Hall–Kier alpha value is -1.96. The molecule has 1 aromatic rings. The van der Waals surface area contributed by atoms with Gasteiger partial charge < -0.3 is 0 Å². The van der Waals surface area contributed by atoms with Gasteiger partial charge in [0.25, 0.3) is 0 Å². The first-order valence-corrected chi connectivity index (χ1v) is 33.2. The lowest BCUT2D eigenvalue weighted by atomic mass is 9.66. The van der Waals surface area contributed by atoms with Crippen molar-refractivity contribution >= 4 is 11.6 Å². The lowest BCUT2D eigenvalue weighted by Gasteiger charge is -2.39. The van der Waals surface area contributed by atoms with Crippen LogP contribution in [-0.4, -0.2) is 11.6 Å². The van der Waals surface area contributed by atoms with E-state index in [2.05, 4.69) is 298 Å². The van der Waals surface area contributed by atoms with Crippen LogP contribution in [-0.2, 0) is 20.4 Å². The summed E-state index contributed by atoms with van der Waals surface area (Å²) in [6.45, 7) is 83.1. The molecule has 0 bridgehead atoms. The molecule has 1 aromatic carbocycles. The quantitative estimate of drug-likeness (QED) is 0.243. The molecule has 0 saturated heterocycles. The van der Waals surface area contributed by atoms with Gasteiger partial charge >= 0.3 is 0 Å². The van der Waals surface area contributed by atoms with Crippen LogP contribution in [0.4, 0.5) is 0 Å². The molecule has 3 saturated carbocycles. The van der Waals surface area contributed by atoms with Crippen molar-refractivity contribution in [3.05, 3.63) is 59.7 Å². The molecule has 0 N–H and O–H groups in total. The first-order chi connectivity index (χ1) is 35.7. The monoisotopic (exact) mass is 1130 g/mol. The number of Topliss-reactive ketones (excluding diaryl/α,β-unsaturated/α-hetero) is 2. The minimum absolute atomic E-state index is 0.130. The minimum atomic E-state index is 0.130. The van der Waals surface area contributed by atoms with Gasteiger partial charge in [0.05, 0.1) is 0 Å². The summed E-state index contributed by atoms with van der Waals surface area (Å²) in [4.78, 5) is 23.8. The van der Waals surface area contributed by atoms with Crippen LogP contribution in [0.5, 0.6) is 0 Å². The second-order valence-electron chi connectivity index (χ2n) is 39.6. The van der Waals surface area contributed by atoms with Gasteiger partial charge in [-0.3, -0.25) is 9.59 Å². The van der Waals surface area contributed by atoms with Crippen molar-refractivity contribution in [1.29, 1.82) is 0 Å². The maximum absolute atomic E-state index is 11.9. The Balaban J connectivity index is 0.000000486. The van der Waals surface area contributed by atoms with Crippen molar-refractivity contribution in [2.45, 2.75) is 318 Å². The van der Waals surface area contributed by atoms with Gasteiger partial charge in [-0.15, -0.1) is 0 Å². The van der Waals surface area contributed by atoms with Crippen molar-refractivity contribution in [1.82, 2.24) is 0 Å². The molecule has 0 spiro atoms. The molecule has 0 radical (unpaired) electrons. The zero-order chi connectivity index (χ0) is 64.1. The van der Waals surface area contributed by atoms with E-state index in [9.17, 15) is 9.59 Å². The van der Waals surface area contributed by atoms with Crippen molar-refractivity contribution in [3.63, 3.8) is 0 Å². The summed E-state index contributed by atoms with van der Waals surface area (Å²) in [6, 6.07) is 8.77. The SMILES string of the molecule is CC(C)(C)C1C=CCC1C(C)(C)C.CC(C)(C)C1C=CCC1C(C)(C)C.CC(C)(C)C1CCC(=O)C1C(C)(C)C.CC(C)(C)C1CCC(=O)C1C(C)(C)C.CC(C)(C)C1CCCC1C(C)(C)C.CC(C)(C)c1ccccc1C(C)(C)C. The standard InChI is InChI=1S/C14H22.2C13H24O.C13H26.2C13H24/c1-13(2,3)11-9-7-8-10-12(11)14(4,5)6;2*1-12(2,3)9-7-8-10(14)11(9)13(4,5)6;3*1-12(2,3)10-8-7-9-11(10)13(4,5)6/h7-10H,1-6H3;2*9,11H,7-8H2,1-6H3;10-11H,7-9H2,1-6H3;2*7-8,10-11H,9H2,1-6H3. The van der Waals surface area contributed by atoms with Crippen LogP contribution in [0.3, 0.4) is 0 Å². The number of hydrogen-bond acceptors (Lipinski definition) is 2. The van der Waals surface area contributed by atoms with Gasteiger partial charge in [0.2, 0.25) is 0 Å². The van der Waals surface area contributed by atoms with E-state index in [1.165, 1.54) is 43.2 Å². The molecule has 0 amide bonds. The number of allylic oxidation sites excluding steroid dienone is 4. The number of hydrogen-bond donors (Lipinski definition) is 0. The maximum atomic E-state index is 11.9. The van der Waals surface area contributed by atoms with Crippen molar-refractivity contribution < 1.29 is 9.59 Å². The molecular weight excluding hydrogens is 981 g/mol. The average Bonchev–Trinajstić information content (AvgIpc) is 4.08. The number of rotatable bonds is 0. The summed E-state index contributed by atoms with van der Waals surface area (Å²) in [5.41, 5.74) is 6.96. The van der Waals surface area contributed by atoms with E-state index < -0.39 is 0 Å². The number of carbonyl (C=O) groups is 2. The first kappa shape index (κ1) is 77.1. The molecule has 10 unspecified atom stereocenters.